The molecule has 0 aromatic carbocycles. The van der Waals surface area contributed by atoms with E-state index in [9.17, 15) is 4.79 Å². The number of anilines is 1. The topological polar surface area (TPSA) is 90.1 Å². The first kappa shape index (κ1) is 13.7. The summed E-state index contributed by atoms with van der Waals surface area (Å²) in [6.07, 6.45) is 3.91. The lowest BCUT2D eigenvalue weighted by atomic mass is 10.2. The Kier molecular flexibility index (Phi) is 4.31. The van der Waals surface area contributed by atoms with Gasteiger partial charge in [-0.25, -0.2) is 14.8 Å². The molecule has 1 aromatic heterocycles. The van der Waals surface area contributed by atoms with Crippen molar-refractivity contribution >= 4 is 11.9 Å². The Bertz CT molecular complexity index is 460. The van der Waals surface area contributed by atoms with Crippen LogP contribution in [0.5, 0.6) is 0 Å². The standard InChI is InChI=1S/C13H20N4O2/c1-3-19-12(18)10-7-15-13(16-8(10)2)17-11(6-14)9-4-5-9/h7,9,11H,3-6,14H2,1-2H3,(H,15,16,17). The second-order valence-electron chi connectivity index (χ2n) is 4.74. The number of aryl methyl sites for hydroxylation is 1. The zero-order chi connectivity index (χ0) is 13.8. The minimum atomic E-state index is -0.385. The monoisotopic (exact) mass is 264 g/mol. The lowest BCUT2D eigenvalue weighted by Crippen LogP contribution is -2.31. The molecule has 2 rings (SSSR count). The lowest BCUT2D eigenvalue weighted by molar-refractivity contribution is 0.0524. The number of rotatable bonds is 6. The molecule has 1 heterocycles. The highest BCUT2D eigenvalue weighted by molar-refractivity contribution is 5.90. The minimum absolute atomic E-state index is 0.216. The SMILES string of the molecule is CCOC(=O)c1cnc(NC(CN)C2CC2)nc1C. The maximum atomic E-state index is 11.6. The molecular formula is C13H20N4O2. The van der Waals surface area contributed by atoms with Gasteiger partial charge in [0.05, 0.1) is 17.9 Å². The van der Waals surface area contributed by atoms with Gasteiger partial charge in [-0.1, -0.05) is 0 Å². The normalized spacial score (nSPS) is 15.9. The number of nitrogens with one attached hydrogen (secondary N) is 1. The molecule has 104 valence electrons. The van der Waals surface area contributed by atoms with Gasteiger partial charge < -0.3 is 15.8 Å². The number of nitrogens with zero attached hydrogens (tertiary/aromatic N) is 2. The predicted octanol–water partition coefficient (Wildman–Crippen LogP) is 1.11. The third kappa shape index (κ3) is 3.41. The van der Waals surface area contributed by atoms with Crippen molar-refractivity contribution in [2.45, 2.75) is 32.7 Å². The first-order valence-corrected chi connectivity index (χ1v) is 6.63. The van der Waals surface area contributed by atoms with Crippen LogP contribution in [0.15, 0.2) is 6.20 Å². The van der Waals surface area contributed by atoms with Gasteiger partial charge >= 0.3 is 5.97 Å². The van der Waals surface area contributed by atoms with Crippen LogP contribution in [0, 0.1) is 12.8 Å². The minimum Gasteiger partial charge on any atom is -0.462 e. The molecule has 1 aromatic rings. The highest BCUT2D eigenvalue weighted by Crippen LogP contribution is 2.33. The Morgan fingerprint density at radius 2 is 2.37 bits per heavy atom. The summed E-state index contributed by atoms with van der Waals surface area (Å²) in [7, 11) is 0. The summed E-state index contributed by atoms with van der Waals surface area (Å²) in [6.45, 7) is 4.45. The fourth-order valence-corrected chi connectivity index (χ4v) is 1.98. The summed E-state index contributed by atoms with van der Waals surface area (Å²) in [6, 6.07) is 0.216. The van der Waals surface area contributed by atoms with Crippen LogP contribution in [-0.4, -0.2) is 35.1 Å². The molecule has 1 aliphatic rings. The molecule has 6 nitrogen and oxygen atoms in total. The summed E-state index contributed by atoms with van der Waals surface area (Å²) in [5, 5.41) is 3.23. The van der Waals surface area contributed by atoms with E-state index in [1.165, 1.54) is 19.0 Å². The highest BCUT2D eigenvalue weighted by Gasteiger charge is 2.30. The molecule has 6 heteroatoms. The maximum absolute atomic E-state index is 11.6. The van der Waals surface area contributed by atoms with Crippen molar-refractivity contribution in [3.63, 3.8) is 0 Å². The van der Waals surface area contributed by atoms with E-state index in [4.69, 9.17) is 10.5 Å². The van der Waals surface area contributed by atoms with Crippen LogP contribution in [0.25, 0.3) is 0 Å². The van der Waals surface area contributed by atoms with Crippen molar-refractivity contribution in [1.82, 2.24) is 9.97 Å². The molecule has 0 amide bonds. The van der Waals surface area contributed by atoms with Gasteiger partial charge in [0, 0.05) is 18.8 Å². The molecule has 0 radical (unpaired) electrons. The zero-order valence-corrected chi connectivity index (χ0v) is 11.3. The zero-order valence-electron chi connectivity index (χ0n) is 11.3. The number of hydrogen-bond acceptors (Lipinski definition) is 6. The lowest BCUT2D eigenvalue weighted by Gasteiger charge is -2.16. The number of nitrogens with two attached hydrogens (primary N) is 1. The van der Waals surface area contributed by atoms with Crippen molar-refractivity contribution in [3.8, 4) is 0 Å². The van der Waals surface area contributed by atoms with Gasteiger partial charge in [0.15, 0.2) is 0 Å². The van der Waals surface area contributed by atoms with Crippen LogP contribution < -0.4 is 11.1 Å². The van der Waals surface area contributed by atoms with E-state index < -0.39 is 0 Å². The van der Waals surface area contributed by atoms with Crippen LogP contribution in [0.4, 0.5) is 5.95 Å². The van der Waals surface area contributed by atoms with Crippen LogP contribution in [0.3, 0.4) is 0 Å². The van der Waals surface area contributed by atoms with E-state index in [2.05, 4.69) is 15.3 Å². The largest absolute Gasteiger partial charge is 0.462 e. The van der Waals surface area contributed by atoms with E-state index in [0.717, 1.165) is 0 Å². The average Bonchev–Trinajstić information content (AvgIpc) is 3.20. The van der Waals surface area contributed by atoms with Gasteiger partial charge in [-0.2, -0.15) is 0 Å². The average molecular weight is 264 g/mol. The van der Waals surface area contributed by atoms with Gasteiger partial charge in [-0.05, 0) is 32.6 Å². The van der Waals surface area contributed by atoms with Gasteiger partial charge in [-0.3, -0.25) is 0 Å². The number of esters is 1. The van der Waals surface area contributed by atoms with E-state index >= 15 is 0 Å². The smallest absolute Gasteiger partial charge is 0.341 e. The van der Waals surface area contributed by atoms with Crippen LogP contribution in [0.2, 0.25) is 0 Å². The number of hydrogen-bond donors (Lipinski definition) is 2. The molecule has 19 heavy (non-hydrogen) atoms. The molecule has 1 unspecified atom stereocenters. The van der Waals surface area contributed by atoms with E-state index in [0.29, 0.717) is 36.3 Å². The van der Waals surface area contributed by atoms with E-state index in [1.54, 1.807) is 13.8 Å². The van der Waals surface area contributed by atoms with Gasteiger partial charge in [-0.15, -0.1) is 0 Å². The maximum Gasteiger partial charge on any atom is 0.341 e. The summed E-state index contributed by atoms with van der Waals surface area (Å²) in [5.74, 6) is 0.760. The Labute approximate surface area is 112 Å². The fraction of sp³-hybridized carbons (Fsp3) is 0.615. The molecule has 1 fully saturated rings. The summed E-state index contributed by atoms with van der Waals surface area (Å²) in [5.41, 5.74) is 6.74. The van der Waals surface area contributed by atoms with Crippen LogP contribution >= 0.6 is 0 Å². The predicted molar refractivity (Wildman–Crippen MR) is 71.9 cm³/mol. The fourth-order valence-electron chi connectivity index (χ4n) is 1.98. The van der Waals surface area contributed by atoms with Crippen LogP contribution in [0.1, 0.15) is 35.8 Å². The molecule has 1 atom stereocenters. The number of carbonyl (C=O) groups excluding carboxylic acids is 1. The molecule has 0 spiro atoms. The van der Waals surface area contributed by atoms with Crippen molar-refractivity contribution in [2.75, 3.05) is 18.5 Å². The first-order chi connectivity index (χ1) is 9.15. The van der Waals surface area contributed by atoms with Crippen molar-refractivity contribution in [2.24, 2.45) is 11.7 Å². The summed E-state index contributed by atoms with van der Waals surface area (Å²) >= 11 is 0. The highest BCUT2D eigenvalue weighted by atomic mass is 16.5. The molecule has 0 saturated heterocycles. The van der Waals surface area contributed by atoms with Gasteiger partial charge in [0.2, 0.25) is 5.95 Å². The number of aromatic nitrogens is 2. The van der Waals surface area contributed by atoms with Gasteiger partial charge in [0.25, 0.3) is 0 Å². The molecule has 0 bridgehead atoms. The third-order valence-corrected chi connectivity index (χ3v) is 3.23. The Morgan fingerprint density at radius 1 is 1.63 bits per heavy atom. The third-order valence-electron chi connectivity index (χ3n) is 3.23. The molecule has 0 aliphatic heterocycles. The Hall–Kier alpha value is -1.69. The second kappa shape index (κ2) is 5.97. The molecular weight excluding hydrogens is 244 g/mol. The number of ether oxygens (including phenoxy) is 1. The number of carbonyl (C=O) groups is 1. The Balaban J connectivity index is 2.07. The summed E-state index contributed by atoms with van der Waals surface area (Å²) in [4.78, 5) is 20.1. The van der Waals surface area contributed by atoms with E-state index in [-0.39, 0.29) is 12.0 Å². The van der Waals surface area contributed by atoms with Crippen LogP contribution in [-0.2, 0) is 4.74 Å². The van der Waals surface area contributed by atoms with Crippen molar-refractivity contribution < 1.29 is 9.53 Å². The summed E-state index contributed by atoms with van der Waals surface area (Å²) < 4.78 is 4.94. The Morgan fingerprint density at radius 3 is 2.89 bits per heavy atom. The van der Waals surface area contributed by atoms with E-state index in [1.807, 2.05) is 0 Å². The molecule has 1 aliphatic carbocycles. The second-order valence-corrected chi connectivity index (χ2v) is 4.74. The van der Waals surface area contributed by atoms with Gasteiger partial charge in [0.1, 0.15) is 0 Å². The quantitative estimate of drug-likeness (QED) is 0.748. The van der Waals surface area contributed by atoms with Crippen molar-refractivity contribution in [3.05, 3.63) is 17.5 Å². The molecule has 1 saturated carbocycles. The van der Waals surface area contributed by atoms with Crippen molar-refractivity contribution in [1.29, 1.82) is 0 Å². The molecule has 3 N–H and O–H groups in total. The first-order valence-electron chi connectivity index (χ1n) is 6.63.